The number of carbonyl (C=O) groups is 3. The van der Waals surface area contributed by atoms with Gasteiger partial charge in [-0.05, 0) is 26.0 Å². The fourth-order valence-electron chi connectivity index (χ4n) is 2.74. The van der Waals surface area contributed by atoms with Crippen LogP contribution in [-0.2, 0) is 11.3 Å². The zero-order valence-corrected chi connectivity index (χ0v) is 13.1. The van der Waals surface area contributed by atoms with E-state index in [2.05, 4.69) is 15.5 Å². The van der Waals surface area contributed by atoms with Crippen molar-refractivity contribution in [1.29, 1.82) is 0 Å². The van der Waals surface area contributed by atoms with Crippen molar-refractivity contribution in [1.82, 2.24) is 15.1 Å². The third-order valence-corrected chi connectivity index (χ3v) is 3.91. The average molecular weight is 312 g/mol. The van der Waals surface area contributed by atoms with Crippen LogP contribution in [-0.4, -0.2) is 32.8 Å². The number of aromatic nitrogens is 2. The summed E-state index contributed by atoms with van der Waals surface area (Å²) in [6.45, 7) is 5.17. The van der Waals surface area contributed by atoms with Crippen LogP contribution in [0.3, 0.4) is 0 Å². The number of carbonyl (C=O) groups excluding carboxylic acids is 3. The maximum atomic E-state index is 12.7. The minimum atomic E-state index is -0.408. The van der Waals surface area contributed by atoms with E-state index in [0.717, 1.165) is 17.0 Å². The molecule has 0 atom stereocenters. The SMILES string of the molecule is CC(=O)Nc1cccc2c1C(=O)N(Cc1c(C)n[nH]c1C)C2=O. The number of fused-ring (bicyclic) bond motifs is 1. The number of hydrogen-bond acceptors (Lipinski definition) is 4. The summed E-state index contributed by atoms with van der Waals surface area (Å²) in [6.07, 6.45) is 0. The molecule has 23 heavy (non-hydrogen) atoms. The number of amides is 3. The topological polar surface area (TPSA) is 95.2 Å². The Kier molecular flexibility index (Phi) is 3.48. The fraction of sp³-hybridized carbons (Fsp3) is 0.250. The quantitative estimate of drug-likeness (QED) is 0.845. The summed E-state index contributed by atoms with van der Waals surface area (Å²) in [4.78, 5) is 37.7. The van der Waals surface area contributed by atoms with Gasteiger partial charge < -0.3 is 5.32 Å². The van der Waals surface area contributed by atoms with Crippen LogP contribution in [0.15, 0.2) is 18.2 Å². The van der Waals surface area contributed by atoms with E-state index in [4.69, 9.17) is 0 Å². The summed E-state index contributed by atoms with van der Waals surface area (Å²) in [6, 6.07) is 4.85. The van der Waals surface area contributed by atoms with Crippen molar-refractivity contribution in [3.05, 3.63) is 46.3 Å². The van der Waals surface area contributed by atoms with Crippen LogP contribution in [0, 0.1) is 13.8 Å². The lowest BCUT2D eigenvalue weighted by Crippen LogP contribution is -2.29. The molecular weight excluding hydrogens is 296 g/mol. The van der Waals surface area contributed by atoms with Gasteiger partial charge in [0.15, 0.2) is 0 Å². The van der Waals surface area contributed by atoms with Gasteiger partial charge in [-0.3, -0.25) is 24.4 Å². The molecule has 7 heteroatoms. The molecule has 118 valence electrons. The molecule has 1 aromatic heterocycles. The summed E-state index contributed by atoms with van der Waals surface area (Å²) in [5.41, 5.74) is 3.30. The average Bonchev–Trinajstić information content (AvgIpc) is 2.93. The molecule has 1 aliphatic rings. The van der Waals surface area contributed by atoms with Gasteiger partial charge in [0, 0.05) is 18.2 Å². The molecule has 0 saturated heterocycles. The molecule has 0 saturated carbocycles. The largest absolute Gasteiger partial charge is 0.326 e. The van der Waals surface area contributed by atoms with E-state index < -0.39 is 5.91 Å². The Morgan fingerprint density at radius 2 is 2.00 bits per heavy atom. The predicted molar refractivity (Wildman–Crippen MR) is 83.0 cm³/mol. The molecular formula is C16H16N4O3. The van der Waals surface area contributed by atoms with Crippen molar-refractivity contribution >= 4 is 23.4 Å². The molecule has 0 aliphatic carbocycles. The van der Waals surface area contributed by atoms with Gasteiger partial charge in [0.05, 0.1) is 29.1 Å². The minimum Gasteiger partial charge on any atom is -0.326 e. The van der Waals surface area contributed by atoms with E-state index in [-0.39, 0.29) is 23.9 Å². The number of anilines is 1. The molecule has 3 rings (SSSR count). The maximum absolute atomic E-state index is 12.7. The zero-order valence-electron chi connectivity index (χ0n) is 13.1. The number of rotatable bonds is 3. The standard InChI is InChI=1S/C16H16N4O3/c1-8-12(9(2)19-18-8)7-20-15(22)11-5-4-6-13(17-10(3)21)14(11)16(20)23/h4-6H,7H2,1-3H3,(H,17,21)(H,18,19). The fourth-order valence-corrected chi connectivity index (χ4v) is 2.74. The number of H-pyrrole nitrogens is 1. The Hall–Kier alpha value is -2.96. The Bertz CT molecular complexity index is 818. The molecule has 0 unspecified atom stereocenters. The molecule has 0 fully saturated rings. The lowest BCUT2D eigenvalue weighted by Gasteiger charge is -2.14. The summed E-state index contributed by atoms with van der Waals surface area (Å²) in [5, 5.41) is 9.53. The summed E-state index contributed by atoms with van der Waals surface area (Å²) in [5.74, 6) is -1.06. The van der Waals surface area contributed by atoms with Crippen molar-refractivity contribution in [2.24, 2.45) is 0 Å². The normalized spacial score (nSPS) is 13.4. The highest BCUT2D eigenvalue weighted by Crippen LogP contribution is 2.31. The van der Waals surface area contributed by atoms with Crippen LogP contribution in [0.2, 0.25) is 0 Å². The highest BCUT2D eigenvalue weighted by molar-refractivity contribution is 6.24. The zero-order chi connectivity index (χ0) is 16.7. The Balaban J connectivity index is 1.99. The lowest BCUT2D eigenvalue weighted by atomic mass is 10.1. The first-order chi connectivity index (χ1) is 10.9. The lowest BCUT2D eigenvalue weighted by molar-refractivity contribution is -0.114. The molecule has 2 N–H and O–H groups in total. The smallest absolute Gasteiger partial charge is 0.263 e. The van der Waals surface area contributed by atoms with Crippen LogP contribution >= 0.6 is 0 Å². The van der Waals surface area contributed by atoms with Crippen molar-refractivity contribution in [3.63, 3.8) is 0 Å². The maximum Gasteiger partial charge on any atom is 0.263 e. The number of benzene rings is 1. The number of hydrogen-bond donors (Lipinski definition) is 2. The van der Waals surface area contributed by atoms with Crippen LogP contribution in [0.4, 0.5) is 5.69 Å². The Morgan fingerprint density at radius 1 is 1.26 bits per heavy atom. The monoisotopic (exact) mass is 312 g/mol. The molecule has 1 aromatic carbocycles. The van der Waals surface area contributed by atoms with Gasteiger partial charge >= 0.3 is 0 Å². The predicted octanol–water partition coefficient (Wildman–Crippen LogP) is 1.78. The second-order valence-corrected chi connectivity index (χ2v) is 5.52. The Labute approximate surface area is 132 Å². The Morgan fingerprint density at radius 3 is 2.61 bits per heavy atom. The summed E-state index contributed by atoms with van der Waals surface area (Å²) >= 11 is 0. The van der Waals surface area contributed by atoms with E-state index >= 15 is 0 Å². The van der Waals surface area contributed by atoms with Crippen LogP contribution in [0.25, 0.3) is 0 Å². The number of nitrogens with one attached hydrogen (secondary N) is 2. The highest BCUT2D eigenvalue weighted by atomic mass is 16.2. The van der Waals surface area contributed by atoms with Crippen LogP contribution in [0.1, 0.15) is 44.6 Å². The molecule has 0 spiro atoms. The molecule has 1 aliphatic heterocycles. The molecule has 3 amide bonds. The van der Waals surface area contributed by atoms with E-state index in [1.54, 1.807) is 18.2 Å². The van der Waals surface area contributed by atoms with Gasteiger partial charge in [0.1, 0.15) is 0 Å². The second kappa shape index (κ2) is 5.35. The first-order valence-corrected chi connectivity index (χ1v) is 7.17. The van der Waals surface area contributed by atoms with E-state index in [0.29, 0.717) is 11.3 Å². The third kappa shape index (κ3) is 2.40. The van der Waals surface area contributed by atoms with E-state index in [9.17, 15) is 14.4 Å². The van der Waals surface area contributed by atoms with Gasteiger partial charge in [0.2, 0.25) is 5.91 Å². The van der Waals surface area contributed by atoms with Crippen molar-refractivity contribution in [2.75, 3.05) is 5.32 Å². The number of aryl methyl sites for hydroxylation is 2. The first kappa shape index (κ1) is 15.0. The van der Waals surface area contributed by atoms with Gasteiger partial charge in [-0.2, -0.15) is 5.10 Å². The number of aromatic amines is 1. The molecule has 0 radical (unpaired) electrons. The third-order valence-electron chi connectivity index (χ3n) is 3.91. The number of imide groups is 1. The minimum absolute atomic E-state index is 0.153. The van der Waals surface area contributed by atoms with Gasteiger partial charge in [-0.25, -0.2) is 0 Å². The highest BCUT2D eigenvalue weighted by Gasteiger charge is 2.38. The van der Waals surface area contributed by atoms with Crippen LogP contribution < -0.4 is 5.32 Å². The van der Waals surface area contributed by atoms with Gasteiger partial charge in [-0.1, -0.05) is 6.07 Å². The van der Waals surface area contributed by atoms with Gasteiger partial charge in [-0.15, -0.1) is 0 Å². The molecule has 2 aromatic rings. The molecule has 2 heterocycles. The first-order valence-electron chi connectivity index (χ1n) is 7.17. The second-order valence-electron chi connectivity index (χ2n) is 5.52. The van der Waals surface area contributed by atoms with E-state index in [1.165, 1.54) is 11.8 Å². The van der Waals surface area contributed by atoms with Crippen LogP contribution in [0.5, 0.6) is 0 Å². The molecule has 7 nitrogen and oxygen atoms in total. The molecule has 0 bridgehead atoms. The van der Waals surface area contributed by atoms with Crippen molar-refractivity contribution < 1.29 is 14.4 Å². The summed E-state index contributed by atoms with van der Waals surface area (Å²) in [7, 11) is 0. The van der Waals surface area contributed by atoms with Crippen molar-refractivity contribution in [2.45, 2.75) is 27.3 Å². The van der Waals surface area contributed by atoms with E-state index in [1.807, 2.05) is 13.8 Å². The van der Waals surface area contributed by atoms with Gasteiger partial charge in [0.25, 0.3) is 11.8 Å². The summed E-state index contributed by atoms with van der Waals surface area (Å²) < 4.78 is 0. The van der Waals surface area contributed by atoms with Crippen molar-refractivity contribution in [3.8, 4) is 0 Å². The number of nitrogens with zero attached hydrogens (tertiary/aromatic N) is 2.